The van der Waals surface area contributed by atoms with Gasteiger partial charge in [0.05, 0.1) is 0 Å². The maximum absolute atomic E-state index is 12.5. The Morgan fingerprint density at radius 3 is 2.55 bits per heavy atom. The van der Waals surface area contributed by atoms with E-state index in [2.05, 4.69) is 24.5 Å². The number of hydrogen-bond acceptors (Lipinski definition) is 2. The van der Waals surface area contributed by atoms with E-state index in [9.17, 15) is 4.79 Å². The number of amides is 1. The van der Waals surface area contributed by atoms with Crippen LogP contribution in [0.25, 0.3) is 0 Å². The third kappa shape index (κ3) is 3.53. The number of rotatable bonds is 4. The average Bonchev–Trinajstić information content (AvgIpc) is 2.39. The smallest absolute Gasteiger partial charge is 0.251 e. The molecule has 3 heteroatoms. The van der Waals surface area contributed by atoms with E-state index < -0.39 is 0 Å². The van der Waals surface area contributed by atoms with Gasteiger partial charge in [-0.2, -0.15) is 0 Å². The summed E-state index contributed by atoms with van der Waals surface area (Å²) < 4.78 is 0. The molecule has 20 heavy (non-hydrogen) atoms. The monoisotopic (exact) mass is 274 g/mol. The molecule has 110 valence electrons. The predicted molar refractivity (Wildman–Crippen MR) is 84.3 cm³/mol. The molecule has 1 aliphatic carbocycles. The van der Waals surface area contributed by atoms with Crippen molar-refractivity contribution < 1.29 is 4.79 Å². The molecule has 0 aliphatic heterocycles. The first-order chi connectivity index (χ1) is 9.54. The Morgan fingerprint density at radius 1 is 1.25 bits per heavy atom. The zero-order chi connectivity index (χ0) is 14.6. The SMILES string of the molecule is CCNc1ccc(C(=O)NC2(C)CCCCC2)c(C)c1. The van der Waals surface area contributed by atoms with Gasteiger partial charge < -0.3 is 10.6 Å². The van der Waals surface area contributed by atoms with Crippen molar-refractivity contribution in [2.45, 2.75) is 58.4 Å². The number of hydrogen-bond donors (Lipinski definition) is 2. The second-order valence-electron chi connectivity index (χ2n) is 6.14. The van der Waals surface area contributed by atoms with E-state index >= 15 is 0 Å². The van der Waals surface area contributed by atoms with Crippen molar-refractivity contribution >= 4 is 11.6 Å². The van der Waals surface area contributed by atoms with Crippen molar-refractivity contribution in [2.75, 3.05) is 11.9 Å². The van der Waals surface area contributed by atoms with E-state index in [-0.39, 0.29) is 11.4 Å². The van der Waals surface area contributed by atoms with Crippen LogP contribution in [0.1, 0.15) is 61.9 Å². The largest absolute Gasteiger partial charge is 0.385 e. The summed E-state index contributed by atoms with van der Waals surface area (Å²) in [7, 11) is 0. The number of benzene rings is 1. The van der Waals surface area contributed by atoms with Crippen LogP contribution in [0.2, 0.25) is 0 Å². The molecule has 1 aliphatic rings. The highest BCUT2D eigenvalue weighted by Gasteiger charge is 2.28. The van der Waals surface area contributed by atoms with Crippen LogP contribution in [0.4, 0.5) is 5.69 Å². The van der Waals surface area contributed by atoms with Gasteiger partial charge in [0.1, 0.15) is 0 Å². The highest BCUT2D eigenvalue weighted by Crippen LogP contribution is 2.28. The number of anilines is 1. The summed E-state index contributed by atoms with van der Waals surface area (Å²) in [6.07, 6.45) is 5.91. The third-order valence-electron chi connectivity index (χ3n) is 4.22. The lowest BCUT2D eigenvalue weighted by atomic mass is 9.83. The topological polar surface area (TPSA) is 41.1 Å². The molecule has 1 aromatic carbocycles. The Hall–Kier alpha value is -1.51. The number of aryl methyl sites for hydroxylation is 1. The van der Waals surface area contributed by atoms with Crippen molar-refractivity contribution in [3.63, 3.8) is 0 Å². The summed E-state index contributed by atoms with van der Waals surface area (Å²) in [4.78, 5) is 12.5. The second-order valence-corrected chi connectivity index (χ2v) is 6.14. The fraction of sp³-hybridized carbons (Fsp3) is 0.588. The van der Waals surface area contributed by atoms with Gasteiger partial charge in [-0.25, -0.2) is 0 Å². The van der Waals surface area contributed by atoms with E-state index in [0.29, 0.717) is 0 Å². The van der Waals surface area contributed by atoms with E-state index in [1.807, 2.05) is 25.1 Å². The van der Waals surface area contributed by atoms with Gasteiger partial charge in [0, 0.05) is 23.3 Å². The zero-order valence-electron chi connectivity index (χ0n) is 12.9. The Kier molecular flexibility index (Phi) is 4.69. The summed E-state index contributed by atoms with van der Waals surface area (Å²) in [6, 6.07) is 5.95. The van der Waals surface area contributed by atoms with E-state index in [0.717, 1.165) is 36.2 Å². The quantitative estimate of drug-likeness (QED) is 0.875. The number of carbonyl (C=O) groups excluding carboxylic acids is 1. The van der Waals surface area contributed by atoms with Crippen LogP contribution in [0.15, 0.2) is 18.2 Å². The molecule has 1 saturated carbocycles. The van der Waals surface area contributed by atoms with Crippen LogP contribution in [0.3, 0.4) is 0 Å². The van der Waals surface area contributed by atoms with Crippen molar-refractivity contribution in [3.05, 3.63) is 29.3 Å². The summed E-state index contributed by atoms with van der Waals surface area (Å²) in [5.41, 5.74) is 2.87. The minimum absolute atomic E-state index is 0.0257. The normalized spacial score (nSPS) is 17.6. The highest BCUT2D eigenvalue weighted by molar-refractivity contribution is 5.96. The Balaban J connectivity index is 2.08. The summed E-state index contributed by atoms with van der Waals surface area (Å²) >= 11 is 0. The standard InChI is InChI=1S/C17H26N2O/c1-4-18-14-8-9-15(13(2)12-14)16(20)19-17(3)10-6-5-7-11-17/h8-9,12,18H,4-7,10-11H2,1-3H3,(H,19,20). The maximum atomic E-state index is 12.5. The lowest BCUT2D eigenvalue weighted by Gasteiger charge is -2.34. The molecular formula is C17H26N2O. The van der Waals surface area contributed by atoms with Gasteiger partial charge in [-0.15, -0.1) is 0 Å². The van der Waals surface area contributed by atoms with Gasteiger partial charge in [0.25, 0.3) is 5.91 Å². The second kappa shape index (κ2) is 6.29. The zero-order valence-corrected chi connectivity index (χ0v) is 12.9. The minimum Gasteiger partial charge on any atom is -0.385 e. The van der Waals surface area contributed by atoms with Crippen molar-refractivity contribution in [1.82, 2.24) is 5.32 Å². The van der Waals surface area contributed by atoms with Crippen molar-refractivity contribution in [2.24, 2.45) is 0 Å². The third-order valence-corrected chi connectivity index (χ3v) is 4.22. The van der Waals surface area contributed by atoms with Crippen LogP contribution < -0.4 is 10.6 Å². The van der Waals surface area contributed by atoms with Gasteiger partial charge in [-0.3, -0.25) is 4.79 Å². The summed E-state index contributed by atoms with van der Waals surface area (Å²) in [5.74, 6) is 0.0648. The first-order valence-corrected chi connectivity index (χ1v) is 7.71. The lowest BCUT2D eigenvalue weighted by molar-refractivity contribution is 0.0882. The lowest BCUT2D eigenvalue weighted by Crippen LogP contribution is -2.47. The number of carbonyl (C=O) groups is 1. The number of nitrogens with one attached hydrogen (secondary N) is 2. The molecule has 2 rings (SSSR count). The van der Waals surface area contributed by atoms with Gasteiger partial charge in [0.15, 0.2) is 0 Å². The molecule has 1 aromatic rings. The molecule has 0 spiro atoms. The molecule has 0 atom stereocenters. The summed E-state index contributed by atoms with van der Waals surface area (Å²) in [6.45, 7) is 7.13. The Labute approximate surface area is 122 Å². The molecule has 0 saturated heterocycles. The molecule has 1 fully saturated rings. The van der Waals surface area contributed by atoms with Crippen LogP contribution in [-0.2, 0) is 0 Å². The van der Waals surface area contributed by atoms with Gasteiger partial charge in [-0.1, -0.05) is 19.3 Å². The predicted octanol–water partition coefficient (Wildman–Crippen LogP) is 3.88. The van der Waals surface area contributed by atoms with Crippen LogP contribution in [0, 0.1) is 6.92 Å². The molecule has 0 radical (unpaired) electrons. The molecule has 0 unspecified atom stereocenters. The summed E-state index contributed by atoms with van der Waals surface area (Å²) in [5, 5.41) is 6.52. The van der Waals surface area contributed by atoms with E-state index in [1.54, 1.807) is 0 Å². The Morgan fingerprint density at radius 2 is 1.95 bits per heavy atom. The van der Waals surface area contributed by atoms with Crippen molar-refractivity contribution in [1.29, 1.82) is 0 Å². The minimum atomic E-state index is -0.0257. The molecule has 0 bridgehead atoms. The fourth-order valence-electron chi connectivity index (χ4n) is 3.03. The van der Waals surface area contributed by atoms with Gasteiger partial charge in [-0.05, 0) is 57.4 Å². The Bertz CT molecular complexity index is 476. The fourth-order valence-corrected chi connectivity index (χ4v) is 3.03. The van der Waals surface area contributed by atoms with Crippen molar-refractivity contribution in [3.8, 4) is 0 Å². The average molecular weight is 274 g/mol. The molecule has 1 amide bonds. The van der Waals surface area contributed by atoms with Crippen LogP contribution in [-0.4, -0.2) is 18.0 Å². The first-order valence-electron chi connectivity index (χ1n) is 7.71. The van der Waals surface area contributed by atoms with Crippen LogP contribution >= 0.6 is 0 Å². The maximum Gasteiger partial charge on any atom is 0.251 e. The van der Waals surface area contributed by atoms with E-state index in [4.69, 9.17) is 0 Å². The highest BCUT2D eigenvalue weighted by atomic mass is 16.1. The van der Waals surface area contributed by atoms with E-state index in [1.165, 1.54) is 19.3 Å². The van der Waals surface area contributed by atoms with Gasteiger partial charge in [0.2, 0.25) is 0 Å². The molecular weight excluding hydrogens is 248 g/mol. The van der Waals surface area contributed by atoms with Crippen LogP contribution in [0.5, 0.6) is 0 Å². The van der Waals surface area contributed by atoms with Gasteiger partial charge >= 0.3 is 0 Å². The molecule has 3 nitrogen and oxygen atoms in total. The molecule has 0 aromatic heterocycles. The molecule has 0 heterocycles. The first kappa shape index (κ1) is 14.9. The molecule has 2 N–H and O–H groups in total.